The van der Waals surface area contributed by atoms with E-state index in [0.717, 1.165) is 0 Å². The maximum atomic E-state index is 8.24. The van der Waals surface area contributed by atoms with E-state index in [-0.39, 0.29) is 0 Å². The Bertz CT molecular complexity index is 49.5. The molecular formula is C4H8NO. The zero-order valence-corrected chi connectivity index (χ0v) is 3.76. The zero-order valence-electron chi connectivity index (χ0n) is 3.76. The monoisotopic (exact) mass is 86.1 g/mol. The lowest BCUT2D eigenvalue weighted by Gasteiger charge is -1.87. The Balaban J connectivity index is 3.03. The van der Waals surface area contributed by atoms with Gasteiger partial charge in [0.15, 0.2) is 0 Å². The van der Waals surface area contributed by atoms with E-state index in [2.05, 4.69) is 11.9 Å². The molecule has 0 spiro atoms. The van der Waals surface area contributed by atoms with Crippen LogP contribution < -0.4 is 0 Å². The van der Waals surface area contributed by atoms with Crippen molar-refractivity contribution in [2.45, 2.75) is 13.2 Å². The second kappa shape index (κ2) is 2.85. The highest BCUT2D eigenvalue weighted by Crippen LogP contribution is 1.74. The molecule has 0 rings (SSSR count). The van der Waals surface area contributed by atoms with Crippen LogP contribution in [0, 0.1) is 6.92 Å². The summed E-state index contributed by atoms with van der Waals surface area (Å²) >= 11 is 0. The zero-order chi connectivity index (χ0) is 4.99. The molecule has 1 radical (unpaired) electrons. The SMILES string of the molecule is [CH2]C(O)N=CC. The van der Waals surface area contributed by atoms with Gasteiger partial charge in [-0.15, -0.1) is 0 Å². The largest absolute Gasteiger partial charge is 0.372 e. The minimum atomic E-state index is -0.782. The van der Waals surface area contributed by atoms with Gasteiger partial charge >= 0.3 is 0 Å². The molecule has 6 heavy (non-hydrogen) atoms. The number of aliphatic imine (C=N–C) groups is 1. The topological polar surface area (TPSA) is 32.6 Å². The molecule has 0 aliphatic heterocycles. The molecule has 0 aliphatic rings. The number of rotatable bonds is 1. The van der Waals surface area contributed by atoms with Crippen molar-refractivity contribution >= 4 is 6.21 Å². The lowest BCUT2D eigenvalue weighted by molar-refractivity contribution is 0.232. The van der Waals surface area contributed by atoms with Gasteiger partial charge in [0, 0.05) is 0 Å². The molecule has 1 N–H and O–H groups in total. The molecule has 0 aromatic heterocycles. The molecular weight excluding hydrogens is 78.0 g/mol. The molecule has 0 saturated carbocycles. The first-order chi connectivity index (χ1) is 2.77. The van der Waals surface area contributed by atoms with Gasteiger partial charge in [-0.1, -0.05) is 0 Å². The third kappa shape index (κ3) is 3.63. The molecule has 0 saturated heterocycles. The minimum absolute atomic E-state index is 0.782. The fourth-order valence-corrected chi connectivity index (χ4v) is 0.172. The van der Waals surface area contributed by atoms with Gasteiger partial charge < -0.3 is 5.11 Å². The van der Waals surface area contributed by atoms with Crippen LogP contribution in [0.5, 0.6) is 0 Å². The molecule has 1 unspecified atom stereocenters. The molecule has 0 aromatic rings. The Kier molecular flexibility index (Phi) is 2.67. The van der Waals surface area contributed by atoms with E-state index in [4.69, 9.17) is 5.11 Å². The highest BCUT2D eigenvalue weighted by atomic mass is 16.3. The van der Waals surface area contributed by atoms with Crippen LogP contribution in [0.2, 0.25) is 0 Å². The fraction of sp³-hybridized carbons (Fsp3) is 0.500. The molecule has 2 nitrogen and oxygen atoms in total. The summed E-state index contributed by atoms with van der Waals surface area (Å²) in [7, 11) is 0. The molecule has 1 atom stereocenters. The lowest BCUT2D eigenvalue weighted by Crippen LogP contribution is -1.92. The lowest BCUT2D eigenvalue weighted by atomic mass is 10.7. The second-order valence-corrected chi connectivity index (χ2v) is 0.888. The van der Waals surface area contributed by atoms with Crippen molar-refractivity contribution in [3.05, 3.63) is 6.92 Å². The van der Waals surface area contributed by atoms with Crippen molar-refractivity contribution in [2.75, 3.05) is 0 Å². The average molecular weight is 86.1 g/mol. The number of aliphatic hydroxyl groups is 1. The van der Waals surface area contributed by atoms with Crippen molar-refractivity contribution < 1.29 is 5.11 Å². The van der Waals surface area contributed by atoms with E-state index in [9.17, 15) is 0 Å². The van der Waals surface area contributed by atoms with Crippen LogP contribution >= 0.6 is 0 Å². The van der Waals surface area contributed by atoms with Crippen LogP contribution in [-0.4, -0.2) is 17.5 Å². The molecule has 0 amide bonds. The van der Waals surface area contributed by atoms with Gasteiger partial charge in [0.25, 0.3) is 0 Å². The summed E-state index contributed by atoms with van der Waals surface area (Å²) in [5, 5.41) is 8.24. The Hall–Kier alpha value is -0.370. The number of nitrogens with zero attached hydrogens (tertiary/aromatic N) is 1. The summed E-state index contributed by atoms with van der Waals surface area (Å²) in [5.74, 6) is 0. The molecule has 0 fully saturated rings. The highest BCUT2D eigenvalue weighted by molar-refractivity contribution is 5.53. The van der Waals surface area contributed by atoms with E-state index in [1.54, 1.807) is 6.92 Å². The van der Waals surface area contributed by atoms with Gasteiger partial charge in [0.2, 0.25) is 0 Å². The maximum Gasteiger partial charge on any atom is 0.144 e. The smallest absolute Gasteiger partial charge is 0.144 e. The van der Waals surface area contributed by atoms with E-state index in [1.165, 1.54) is 6.21 Å². The van der Waals surface area contributed by atoms with Gasteiger partial charge in [-0.3, -0.25) is 4.99 Å². The van der Waals surface area contributed by atoms with Gasteiger partial charge in [-0.05, 0) is 20.1 Å². The van der Waals surface area contributed by atoms with Crippen molar-refractivity contribution in [2.24, 2.45) is 4.99 Å². The van der Waals surface area contributed by atoms with Crippen LogP contribution in [-0.2, 0) is 0 Å². The first-order valence-corrected chi connectivity index (χ1v) is 1.76. The summed E-state index contributed by atoms with van der Waals surface area (Å²) in [6.07, 6.45) is 0.729. The van der Waals surface area contributed by atoms with E-state index >= 15 is 0 Å². The molecule has 35 valence electrons. The summed E-state index contributed by atoms with van der Waals surface area (Å²) < 4.78 is 0. The molecule has 0 bridgehead atoms. The summed E-state index contributed by atoms with van der Waals surface area (Å²) in [6, 6.07) is 0. The van der Waals surface area contributed by atoms with Crippen LogP contribution in [0.25, 0.3) is 0 Å². The summed E-state index contributed by atoms with van der Waals surface area (Å²) in [4.78, 5) is 3.44. The predicted octanol–water partition coefficient (Wildman–Crippen LogP) is 0.230. The molecule has 0 heterocycles. The Labute approximate surface area is 37.5 Å². The first kappa shape index (κ1) is 5.63. The van der Waals surface area contributed by atoms with Gasteiger partial charge in [-0.2, -0.15) is 0 Å². The quantitative estimate of drug-likeness (QED) is 0.455. The third-order valence-electron chi connectivity index (χ3n) is 0.321. The normalized spacial score (nSPS) is 15.8. The standard InChI is InChI=1S/C4H8NO/c1-3-5-4(2)6/h3-4,6H,2H2,1H3. The van der Waals surface area contributed by atoms with Crippen LogP contribution in [0.3, 0.4) is 0 Å². The van der Waals surface area contributed by atoms with Gasteiger partial charge in [0.05, 0.1) is 0 Å². The number of hydrogen-bond donors (Lipinski definition) is 1. The van der Waals surface area contributed by atoms with Crippen molar-refractivity contribution in [1.29, 1.82) is 0 Å². The Morgan fingerprint density at radius 1 is 2.00 bits per heavy atom. The van der Waals surface area contributed by atoms with Gasteiger partial charge in [0.1, 0.15) is 6.23 Å². The highest BCUT2D eigenvalue weighted by Gasteiger charge is 1.78. The molecule has 0 aromatic carbocycles. The maximum absolute atomic E-state index is 8.24. The van der Waals surface area contributed by atoms with E-state index < -0.39 is 6.23 Å². The van der Waals surface area contributed by atoms with E-state index in [1.807, 2.05) is 0 Å². The average Bonchev–Trinajstić information content (AvgIpc) is 1.35. The number of hydrogen-bond acceptors (Lipinski definition) is 2. The predicted molar refractivity (Wildman–Crippen MR) is 25.5 cm³/mol. The van der Waals surface area contributed by atoms with Crippen molar-refractivity contribution in [1.82, 2.24) is 0 Å². The Morgan fingerprint density at radius 2 is 2.50 bits per heavy atom. The Morgan fingerprint density at radius 3 is 2.50 bits per heavy atom. The van der Waals surface area contributed by atoms with Crippen LogP contribution in [0.1, 0.15) is 6.92 Å². The third-order valence-corrected chi connectivity index (χ3v) is 0.321. The molecule has 2 heteroatoms. The van der Waals surface area contributed by atoms with Crippen LogP contribution in [0.15, 0.2) is 4.99 Å². The van der Waals surface area contributed by atoms with Crippen molar-refractivity contribution in [3.63, 3.8) is 0 Å². The second-order valence-electron chi connectivity index (χ2n) is 0.888. The van der Waals surface area contributed by atoms with Crippen LogP contribution in [0.4, 0.5) is 0 Å². The van der Waals surface area contributed by atoms with E-state index in [0.29, 0.717) is 0 Å². The summed E-state index contributed by atoms with van der Waals surface area (Å²) in [5.41, 5.74) is 0. The fourth-order valence-electron chi connectivity index (χ4n) is 0.172. The first-order valence-electron chi connectivity index (χ1n) is 1.76. The number of aliphatic hydroxyl groups excluding tert-OH is 1. The minimum Gasteiger partial charge on any atom is -0.372 e. The molecule has 0 aliphatic carbocycles. The van der Waals surface area contributed by atoms with Gasteiger partial charge in [-0.25, -0.2) is 0 Å². The summed E-state index contributed by atoms with van der Waals surface area (Å²) in [6.45, 7) is 4.92. The van der Waals surface area contributed by atoms with Crippen molar-refractivity contribution in [3.8, 4) is 0 Å².